The Bertz CT molecular complexity index is 401. The van der Waals surface area contributed by atoms with Gasteiger partial charge in [0.2, 0.25) is 5.88 Å². The molecule has 0 atom stereocenters. The molecule has 6 heteroatoms. The minimum atomic E-state index is 0.242. The third-order valence-corrected chi connectivity index (χ3v) is 5.16. The molecule has 2 heterocycles. The molecule has 0 radical (unpaired) electrons. The number of hydrogen-bond acceptors (Lipinski definition) is 6. The van der Waals surface area contributed by atoms with Crippen LogP contribution in [-0.4, -0.2) is 47.2 Å². The van der Waals surface area contributed by atoms with E-state index in [-0.39, 0.29) is 4.75 Å². The number of nitrogens with two attached hydrogens (primary N) is 1. The van der Waals surface area contributed by atoms with Crippen LogP contribution in [0.4, 0.5) is 5.82 Å². The Balaban J connectivity index is 2.03. The van der Waals surface area contributed by atoms with Gasteiger partial charge in [-0.25, -0.2) is 9.97 Å². The molecule has 0 amide bonds. The SMILES string of the molecule is CCOc1cc(N2CCC(CN)(SC)CC2)ncn1. The number of nitrogens with zero attached hydrogens (tertiary/aromatic N) is 3. The zero-order valence-corrected chi connectivity index (χ0v) is 12.4. The summed E-state index contributed by atoms with van der Waals surface area (Å²) < 4.78 is 5.66. The maximum atomic E-state index is 5.91. The van der Waals surface area contributed by atoms with E-state index in [1.54, 1.807) is 6.33 Å². The second-order valence-corrected chi connectivity index (χ2v) is 6.00. The molecule has 19 heavy (non-hydrogen) atoms. The summed E-state index contributed by atoms with van der Waals surface area (Å²) in [6.07, 6.45) is 5.91. The fourth-order valence-electron chi connectivity index (χ4n) is 2.36. The number of hydrogen-bond donors (Lipinski definition) is 1. The van der Waals surface area contributed by atoms with Crippen molar-refractivity contribution < 1.29 is 4.74 Å². The summed E-state index contributed by atoms with van der Waals surface area (Å²) in [4.78, 5) is 10.7. The maximum Gasteiger partial charge on any atom is 0.218 e. The van der Waals surface area contributed by atoms with Crippen LogP contribution in [0.1, 0.15) is 19.8 Å². The molecular formula is C13H22N4OS. The molecule has 0 aromatic carbocycles. The van der Waals surface area contributed by atoms with Crippen molar-refractivity contribution in [3.8, 4) is 5.88 Å². The van der Waals surface area contributed by atoms with E-state index < -0.39 is 0 Å². The number of piperidine rings is 1. The summed E-state index contributed by atoms with van der Waals surface area (Å²) in [6, 6.07) is 1.91. The molecule has 106 valence electrons. The molecule has 1 aliphatic heterocycles. The van der Waals surface area contributed by atoms with Crippen molar-refractivity contribution in [3.63, 3.8) is 0 Å². The van der Waals surface area contributed by atoms with E-state index >= 15 is 0 Å². The van der Waals surface area contributed by atoms with E-state index in [1.165, 1.54) is 0 Å². The van der Waals surface area contributed by atoms with Gasteiger partial charge in [-0.1, -0.05) is 0 Å². The van der Waals surface area contributed by atoms with Crippen molar-refractivity contribution in [1.82, 2.24) is 9.97 Å². The van der Waals surface area contributed by atoms with E-state index in [1.807, 2.05) is 24.8 Å². The van der Waals surface area contributed by atoms with Gasteiger partial charge in [-0.05, 0) is 26.0 Å². The van der Waals surface area contributed by atoms with Gasteiger partial charge in [-0.3, -0.25) is 0 Å². The molecule has 1 aromatic rings. The summed E-state index contributed by atoms with van der Waals surface area (Å²) in [5, 5.41) is 0. The van der Waals surface area contributed by atoms with Crippen molar-refractivity contribution in [2.24, 2.45) is 5.73 Å². The molecule has 2 rings (SSSR count). The van der Waals surface area contributed by atoms with Gasteiger partial charge < -0.3 is 15.4 Å². The van der Waals surface area contributed by atoms with Crippen LogP contribution in [-0.2, 0) is 0 Å². The summed E-state index contributed by atoms with van der Waals surface area (Å²) in [7, 11) is 0. The first-order chi connectivity index (χ1) is 9.23. The molecule has 0 saturated carbocycles. The number of rotatable bonds is 5. The Kier molecular flexibility index (Phi) is 4.87. The van der Waals surface area contributed by atoms with Gasteiger partial charge in [-0.15, -0.1) is 0 Å². The van der Waals surface area contributed by atoms with Crippen LogP contribution in [0.25, 0.3) is 0 Å². The van der Waals surface area contributed by atoms with Crippen LogP contribution in [0.3, 0.4) is 0 Å². The van der Waals surface area contributed by atoms with Gasteiger partial charge >= 0.3 is 0 Å². The molecule has 5 nitrogen and oxygen atoms in total. The van der Waals surface area contributed by atoms with Crippen LogP contribution in [0, 0.1) is 0 Å². The van der Waals surface area contributed by atoms with Crippen LogP contribution < -0.4 is 15.4 Å². The van der Waals surface area contributed by atoms with Crippen LogP contribution in [0.2, 0.25) is 0 Å². The van der Waals surface area contributed by atoms with Crippen molar-refractivity contribution in [1.29, 1.82) is 0 Å². The minimum Gasteiger partial charge on any atom is -0.478 e. The van der Waals surface area contributed by atoms with Gasteiger partial charge in [0, 0.05) is 30.4 Å². The Morgan fingerprint density at radius 2 is 2.16 bits per heavy atom. The summed E-state index contributed by atoms with van der Waals surface area (Å²) in [5.74, 6) is 1.60. The van der Waals surface area contributed by atoms with Crippen molar-refractivity contribution in [2.75, 3.05) is 37.4 Å². The minimum absolute atomic E-state index is 0.242. The molecule has 0 spiro atoms. The second-order valence-electron chi connectivity index (χ2n) is 4.73. The van der Waals surface area contributed by atoms with Gasteiger partial charge in [0.15, 0.2) is 0 Å². The van der Waals surface area contributed by atoms with Crippen LogP contribution in [0.15, 0.2) is 12.4 Å². The molecule has 0 bridgehead atoms. The highest BCUT2D eigenvalue weighted by molar-refractivity contribution is 8.00. The lowest BCUT2D eigenvalue weighted by molar-refractivity contribution is 0.326. The largest absolute Gasteiger partial charge is 0.478 e. The first-order valence-electron chi connectivity index (χ1n) is 6.68. The highest BCUT2D eigenvalue weighted by Gasteiger charge is 2.32. The Morgan fingerprint density at radius 3 is 2.74 bits per heavy atom. The quantitative estimate of drug-likeness (QED) is 0.883. The van der Waals surface area contributed by atoms with E-state index in [4.69, 9.17) is 10.5 Å². The standard InChI is InChI=1S/C13H22N4OS/c1-3-18-12-8-11(15-10-16-12)17-6-4-13(9-14,19-2)5-7-17/h8,10H,3-7,9,14H2,1-2H3. The van der Waals surface area contributed by atoms with E-state index in [0.717, 1.165) is 38.3 Å². The van der Waals surface area contributed by atoms with Gasteiger partial charge in [-0.2, -0.15) is 11.8 Å². The molecule has 1 aromatic heterocycles. The predicted molar refractivity (Wildman–Crippen MR) is 79.9 cm³/mol. The predicted octanol–water partition coefficient (Wildman–Crippen LogP) is 1.54. The maximum absolute atomic E-state index is 5.91. The summed E-state index contributed by atoms with van der Waals surface area (Å²) in [5.41, 5.74) is 5.91. The first kappa shape index (κ1) is 14.4. The average molecular weight is 282 g/mol. The third kappa shape index (κ3) is 3.30. The number of ether oxygens (including phenoxy) is 1. The Morgan fingerprint density at radius 1 is 1.42 bits per heavy atom. The molecule has 0 aliphatic carbocycles. The topological polar surface area (TPSA) is 64.3 Å². The zero-order chi connectivity index (χ0) is 13.7. The molecule has 1 saturated heterocycles. The van der Waals surface area contributed by atoms with Crippen molar-refractivity contribution in [3.05, 3.63) is 12.4 Å². The van der Waals surface area contributed by atoms with Gasteiger partial charge in [0.1, 0.15) is 12.1 Å². The first-order valence-corrected chi connectivity index (χ1v) is 7.90. The fraction of sp³-hybridized carbons (Fsp3) is 0.692. The van der Waals surface area contributed by atoms with E-state index in [9.17, 15) is 0 Å². The van der Waals surface area contributed by atoms with Crippen LogP contribution >= 0.6 is 11.8 Å². The molecule has 0 unspecified atom stereocenters. The summed E-state index contributed by atoms with van der Waals surface area (Å²) >= 11 is 1.89. The van der Waals surface area contributed by atoms with Crippen molar-refractivity contribution in [2.45, 2.75) is 24.5 Å². The smallest absolute Gasteiger partial charge is 0.218 e. The molecular weight excluding hydrogens is 260 g/mol. The van der Waals surface area contributed by atoms with E-state index in [0.29, 0.717) is 12.5 Å². The fourth-order valence-corrected chi connectivity index (χ4v) is 3.12. The molecule has 2 N–H and O–H groups in total. The average Bonchev–Trinajstić information content (AvgIpc) is 2.48. The number of anilines is 1. The van der Waals surface area contributed by atoms with Crippen molar-refractivity contribution >= 4 is 17.6 Å². The highest BCUT2D eigenvalue weighted by Crippen LogP contribution is 2.34. The number of aromatic nitrogens is 2. The summed E-state index contributed by atoms with van der Waals surface area (Å²) in [6.45, 7) is 5.30. The highest BCUT2D eigenvalue weighted by atomic mass is 32.2. The second kappa shape index (κ2) is 6.43. The Hall–Kier alpha value is -1.01. The monoisotopic (exact) mass is 282 g/mol. The molecule has 1 fully saturated rings. The zero-order valence-electron chi connectivity index (χ0n) is 11.6. The van der Waals surface area contributed by atoms with Gasteiger partial charge in [0.25, 0.3) is 0 Å². The van der Waals surface area contributed by atoms with E-state index in [2.05, 4.69) is 21.1 Å². The number of thioether (sulfide) groups is 1. The lowest BCUT2D eigenvalue weighted by Gasteiger charge is -2.40. The normalized spacial score (nSPS) is 18.4. The lowest BCUT2D eigenvalue weighted by Crippen LogP contribution is -2.46. The third-order valence-electron chi connectivity index (χ3n) is 3.72. The lowest BCUT2D eigenvalue weighted by atomic mass is 9.96. The molecule has 1 aliphatic rings. The van der Waals surface area contributed by atoms with Crippen LogP contribution in [0.5, 0.6) is 5.88 Å². The Labute approximate surface area is 118 Å². The van der Waals surface area contributed by atoms with Gasteiger partial charge in [0.05, 0.1) is 6.61 Å².